The number of nitrogens with two attached hydrogens (primary N) is 1. The Bertz CT molecular complexity index is 435. The molecule has 18 heavy (non-hydrogen) atoms. The molecule has 0 saturated carbocycles. The molecule has 100 valence electrons. The van der Waals surface area contributed by atoms with Crippen LogP contribution in [0.25, 0.3) is 0 Å². The van der Waals surface area contributed by atoms with Crippen LogP contribution in [0.2, 0.25) is 0 Å². The molecule has 0 radical (unpaired) electrons. The number of anilines is 2. The van der Waals surface area contributed by atoms with Crippen molar-refractivity contribution in [1.29, 1.82) is 0 Å². The standard InChI is InChI=1S/C11H18N4OS2/c1-8(16)14-4-3-5-15(7-6-14)11-9(17-2)10(12)13-18-11/h3-7H2,1-2H3,(H2,12,13). The van der Waals surface area contributed by atoms with Crippen LogP contribution in [0.4, 0.5) is 10.8 Å². The van der Waals surface area contributed by atoms with Gasteiger partial charge in [-0.05, 0) is 24.2 Å². The van der Waals surface area contributed by atoms with Crippen molar-refractivity contribution in [3.8, 4) is 0 Å². The van der Waals surface area contributed by atoms with Crippen LogP contribution in [0.5, 0.6) is 0 Å². The van der Waals surface area contributed by atoms with Gasteiger partial charge in [-0.3, -0.25) is 4.79 Å². The SMILES string of the molecule is CSc1c(N)nsc1N1CCCN(C(C)=O)CC1. The minimum Gasteiger partial charge on any atom is -0.382 e. The molecule has 1 fully saturated rings. The van der Waals surface area contributed by atoms with E-state index in [9.17, 15) is 4.79 Å². The first-order valence-electron chi connectivity index (χ1n) is 5.93. The van der Waals surface area contributed by atoms with Crippen molar-refractivity contribution < 1.29 is 4.79 Å². The van der Waals surface area contributed by atoms with Crippen molar-refractivity contribution in [2.45, 2.75) is 18.2 Å². The number of carbonyl (C=O) groups excluding carboxylic acids is 1. The van der Waals surface area contributed by atoms with Crippen molar-refractivity contribution in [3.63, 3.8) is 0 Å². The number of hydrogen-bond acceptors (Lipinski definition) is 6. The van der Waals surface area contributed by atoms with Crippen molar-refractivity contribution >= 4 is 40.0 Å². The van der Waals surface area contributed by atoms with Crippen molar-refractivity contribution in [2.24, 2.45) is 0 Å². The molecule has 2 rings (SSSR count). The highest BCUT2D eigenvalue weighted by atomic mass is 32.2. The summed E-state index contributed by atoms with van der Waals surface area (Å²) >= 11 is 3.09. The Balaban J connectivity index is 2.12. The molecule has 0 aromatic carbocycles. The lowest BCUT2D eigenvalue weighted by molar-refractivity contribution is -0.128. The van der Waals surface area contributed by atoms with Crippen LogP contribution < -0.4 is 10.6 Å². The Kier molecular flexibility index (Phi) is 4.34. The second-order valence-corrected chi connectivity index (χ2v) is 5.82. The van der Waals surface area contributed by atoms with Gasteiger partial charge in [0.2, 0.25) is 5.91 Å². The van der Waals surface area contributed by atoms with E-state index in [0.717, 1.165) is 42.5 Å². The number of carbonyl (C=O) groups is 1. The van der Waals surface area contributed by atoms with Gasteiger partial charge in [0.1, 0.15) is 5.00 Å². The molecule has 5 nitrogen and oxygen atoms in total. The first-order chi connectivity index (χ1) is 8.63. The van der Waals surface area contributed by atoms with E-state index in [2.05, 4.69) is 9.27 Å². The third kappa shape index (κ3) is 2.72. The van der Waals surface area contributed by atoms with E-state index in [1.807, 2.05) is 11.2 Å². The normalized spacial score (nSPS) is 16.8. The fourth-order valence-electron chi connectivity index (χ4n) is 2.11. The summed E-state index contributed by atoms with van der Waals surface area (Å²) in [5.41, 5.74) is 5.86. The van der Waals surface area contributed by atoms with Gasteiger partial charge < -0.3 is 15.5 Å². The first-order valence-corrected chi connectivity index (χ1v) is 7.93. The summed E-state index contributed by atoms with van der Waals surface area (Å²) in [6, 6.07) is 0. The van der Waals surface area contributed by atoms with E-state index in [0.29, 0.717) is 5.82 Å². The van der Waals surface area contributed by atoms with Crippen molar-refractivity contribution in [2.75, 3.05) is 43.1 Å². The molecule has 7 heteroatoms. The number of hydrogen-bond donors (Lipinski definition) is 1. The van der Waals surface area contributed by atoms with Gasteiger partial charge in [0.25, 0.3) is 0 Å². The second kappa shape index (κ2) is 5.79. The van der Waals surface area contributed by atoms with Gasteiger partial charge in [-0.25, -0.2) is 0 Å². The van der Waals surface area contributed by atoms with Gasteiger partial charge in [-0.2, -0.15) is 4.37 Å². The van der Waals surface area contributed by atoms with E-state index >= 15 is 0 Å². The Morgan fingerprint density at radius 1 is 1.39 bits per heavy atom. The fourth-order valence-corrected chi connectivity index (χ4v) is 3.85. The Morgan fingerprint density at radius 3 is 2.83 bits per heavy atom. The zero-order valence-corrected chi connectivity index (χ0v) is 12.3. The quantitative estimate of drug-likeness (QED) is 0.835. The first kappa shape index (κ1) is 13.5. The molecule has 0 aliphatic carbocycles. The maximum Gasteiger partial charge on any atom is 0.219 e. The maximum atomic E-state index is 11.4. The van der Waals surface area contributed by atoms with Crippen molar-refractivity contribution in [3.05, 3.63) is 0 Å². The molecular weight excluding hydrogens is 268 g/mol. The van der Waals surface area contributed by atoms with Crippen LogP contribution in [-0.4, -0.2) is 47.6 Å². The summed E-state index contributed by atoms with van der Waals surface area (Å²) in [7, 11) is 0. The zero-order chi connectivity index (χ0) is 13.1. The lowest BCUT2D eigenvalue weighted by atomic mass is 10.4. The fraction of sp³-hybridized carbons (Fsp3) is 0.636. The summed E-state index contributed by atoms with van der Waals surface area (Å²) in [5.74, 6) is 0.779. The Labute approximate surface area is 115 Å². The van der Waals surface area contributed by atoms with E-state index in [-0.39, 0.29) is 5.91 Å². The summed E-state index contributed by atoms with van der Waals surface area (Å²) in [5, 5.41) is 1.14. The minimum atomic E-state index is 0.158. The van der Waals surface area contributed by atoms with E-state index < -0.39 is 0 Å². The average molecular weight is 286 g/mol. The molecule has 1 saturated heterocycles. The number of nitrogen functional groups attached to an aromatic ring is 1. The maximum absolute atomic E-state index is 11.4. The topological polar surface area (TPSA) is 62.5 Å². The van der Waals surface area contributed by atoms with Gasteiger partial charge in [0.15, 0.2) is 5.82 Å². The van der Waals surface area contributed by atoms with E-state index in [4.69, 9.17) is 5.73 Å². The van der Waals surface area contributed by atoms with Gasteiger partial charge in [-0.15, -0.1) is 11.8 Å². The van der Waals surface area contributed by atoms with Gasteiger partial charge >= 0.3 is 0 Å². The average Bonchev–Trinajstić information content (AvgIpc) is 2.58. The zero-order valence-electron chi connectivity index (χ0n) is 10.7. The highest BCUT2D eigenvalue weighted by molar-refractivity contribution is 7.99. The molecule has 0 bridgehead atoms. The predicted octanol–water partition coefficient (Wildman–Crippen LogP) is 1.51. The molecule has 1 aromatic heterocycles. The number of nitrogens with zero attached hydrogens (tertiary/aromatic N) is 3. The highest BCUT2D eigenvalue weighted by Crippen LogP contribution is 2.37. The summed E-state index contributed by atoms with van der Waals surface area (Å²) in [6.07, 6.45) is 3.01. The smallest absolute Gasteiger partial charge is 0.219 e. The molecule has 0 spiro atoms. The van der Waals surface area contributed by atoms with Crippen LogP contribution in [-0.2, 0) is 4.79 Å². The minimum absolute atomic E-state index is 0.158. The molecule has 2 heterocycles. The number of aromatic nitrogens is 1. The van der Waals surface area contributed by atoms with Crippen LogP contribution in [0.1, 0.15) is 13.3 Å². The van der Waals surface area contributed by atoms with Crippen LogP contribution in [0, 0.1) is 0 Å². The van der Waals surface area contributed by atoms with Gasteiger partial charge in [0.05, 0.1) is 4.90 Å². The molecular formula is C11H18N4OS2. The van der Waals surface area contributed by atoms with Gasteiger partial charge in [-0.1, -0.05) is 0 Å². The summed E-state index contributed by atoms with van der Waals surface area (Å²) in [4.78, 5) is 16.7. The molecule has 1 amide bonds. The molecule has 2 N–H and O–H groups in total. The molecule has 0 unspecified atom stereocenters. The Hall–Kier alpha value is -0.950. The molecule has 1 aliphatic heterocycles. The summed E-state index contributed by atoms with van der Waals surface area (Å²) < 4.78 is 4.22. The monoisotopic (exact) mass is 286 g/mol. The summed E-state index contributed by atoms with van der Waals surface area (Å²) in [6.45, 7) is 5.07. The second-order valence-electron chi connectivity index (χ2n) is 4.25. The third-order valence-electron chi connectivity index (χ3n) is 3.09. The number of amides is 1. The molecule has 1 aliphatic rings. The van der Waals surface area contributed by atoms with Gasteiger partial charge in [0, 0.05) is 33.1 Å². The third-order valence-corrected chi connectivity index (χ3v) is 4.95. The van der Waals surface area contributed by atoms with Crippen molar-refractivity contribution in [1.82, 2.24) is 9.27 Å². The highest BCUT2D eigenvalue weighted by Gasteiger charge is 2.21. The van der Waals surface area contributed by atoms with Crippen LogP contribution in [0.15, 0.2) is 4.90 Å². The molecule has 1 aromatic rings. The molecule has 0 atom stereocenters. The largest absolute Gasteiger partial charge is 0.382 e. The predicted molar refractivity (Wildman–Crippen MR) is 77.4 cm³/mol. The Morgan fingerprint density at radius 2 is 2.17 bits per heavy atom. The number of thioether (sulfide) groups is 1. The van der Waals surface area contributed by atoms with Crippen LogP contribution >= 0.6 is 23.3 Å². The van der Waals surface area contributed by atoms with Crippen LogP contribution in [0.3, 0.4) is 0 Å². The lowest BCUT2D eigenvalue weighted by Crippen LogP contribution is -2.33. The number of rotatable bonds is 2. The lowest BCUT2D eigenvalue weighted by Gasteiger charge is -2.22. The van der Waals surface area contributed by atoms with E-state index in [1.54, 1.807) is 18.7 Å². The van der Waals surface area contributed by atoms with E-state index in [1.165, 1.54) is 11.5 Å².